The molecule has 0 aliphatic rings. The predicted molar refractivity (Wildman–Crippen MR) is 126 cm³/mol. The second-order valence-electron chi connectivity index (χ2n) is 6.68. The van der Waals surface area contributed by atoms with Crippen molar-refractivity contribution < 1.29 is 28.7 Å². The average molecular weight is 532 g/mol. The van der Waals surface area contributed by atoms with Gasteiger partial charge in [-0.25, -0.2) is 0 Å². The predicted octanol–water partition coefficient (Wildman–Crippen LogP) is 1.52. The number of rotatable bonds is 14. The molecular formula is C21H30BrN3O6S. The molecule has 1 aromatic rings. The molecule has 0 heterocycles. The lowest BCUT2D eigenvalue weighted by molar-refractivity contribution is -0.145. The Labute approximate surface area is 200 Å². The second-order valence-corrected chi connectivity index (χ2v) is 8.63. The van der Waals surface area contributed by atoms with Crippen molar-refractivity contribution in [3.63, 3.8) is 0 Å². The summed E-state index contributed by atoms with van der Waals surface area (Å²) in [4.78, 5) is 48.0. The number of ether oxygens (including phenoxy) is 2. The molecule has 0 aliphatic carbocycles. The van der Waals surface area contributed by atoms with E-state index in [4.69, 9.17) is 15.2 Å². The minimum Gasteiger partial charge on any atom is -0.465 e. The van der Waals surface area contributed by atoms with Gasteiger partial charge in [-0.2, -0.15) is 11.8 Å². The maximum Gasteiger partial charge on any atom is 0.325 e. The van der Waals surface area contributed by atoms with Crippen LogP contribution in [-0.4, -0.2) is 61.3 Å². The van der Waals surface area contributed by atoms with Crippen molar-refractivity contribution in [1.82, 2.24) is 10.6 Å². The maximum atomic E-state index is 12.6. The molecule has 2 amide bonds. The Kier molecular flexibility index (Phi) is 13.7. The molecule has 32 heavy (non-hydrogen) atoms. The van der Waals surface area contributed by atoms with Crippen LogP contribution in [0.25, 0.3) is 0 Å². The van der Waals surface area contributed by atoms with Gasteiger partial charge in [-0.15, -0.1) is 0 Å². The highest BCUT2D eigenvalue weighted by molar-refractivity contribution is 9.10. The summed E-state index contributed by atoms with van der Waals surface area (Å²) in [6.45, 7) is 3.46. The highest BCUT2D eigenvalue weighted by atomic mass is 79.9. The summed E-state index contributed by atoms with van der Waals surface area (Å²) in [6, 6.07) is 5.99. The molecule has 0 radical (unpaired) electrons. The van der Waals surface area contributed by atoms with E-state index in [-0.39, 0.29) is 32.6 Å². The van der Waals surface area contributed by atoms with Crippen LogP contribution in [0.5, 0.6) is 0 Å². The standard InChI is InChI=1S/C21H30BrN3O6S/c1-3-30-19(27)11-24-20(28)17(13-32-12-14-5-7-15(22)8-6-14)25-18(26)10-9-16(23)21(29)31-4-2/h5-8,16-17H,3-4,9-13,23H2,1-2H3,(H,24,28)(H,25,26)/t16-,17-/m0/s1. The van der Waals surface area contributed by atoms with Gasteiger partial charge in [-0.3, -0.25) is 19.2 Å². The lowest BCUT2D eigenvalue weighted by Crippen LogP contribution is -2.49. The van der Waals surface area contributed by atoms with Crippen LogP contribution in [0.15, 0.2) is 28.7 Å². The molecule has 2 atom stereocenters. The van der Waals surface area contributed by atoms with Gasteiger partial charge in [0, 0.05) is 22.4 Å². The number of halogens is 1. The molecule has 1 rings (SSSR count). The molecule has 0 aliphatic heterocycles. The van der Waals surface area contributed by atoms with Gasteiger partial charge in [-0.1, -0.05) is 28.1 Å². The fourth-order valence-corrected chi connectivity index (χ4v) is 3.75. The number of hydrogen-bond donors (Lipinski definition) is 3. The third-order valence-electron chi connectivity index (χ3n) is 4.10. The highest BCUT2D eigenvalue weighted by Gasteiger charge is 2.23. The SMILES string of the molecule is CCOC(=O)CNC(=O)[C@H](CSCc1ccc(Br)cc1)NC(=O)CC[C@H](N)C(=O)OCC. The molecule has 1 aromatic carbocycles. The van der Waals surface area contributed by atoms with Crippen molar-refractivity contribution in [3.05, 3.63) is 34.3 Å². The van der Waals surface area contributed by atoms with Gasteiger partial charge in [0.15, 0.2) is 0 Å². The molecule has 0 fully saturated rings. The zero-order valence-corrected chi connectivity index (χ0v) is 20.6. The Morgan fingerprint density at radius 2 is 1.75 bits per heavy atom. The van der Waals surface area contributed by atoms with Crippen molar-refractivity contribution >= 4 is 51.4 Å². The van der Waals surface area contributed by atoms with Crippen LogP contribution in [0.3, 0.4) is 0 Å². The smallest absolute Gasteiger partial charge is 0.325 e. The van der Waals surface area contributed by atoms with Crippen LogP contribution >= 0.6 is 27.7 Å². The highest BCUT2D eigenvalue weighted by Crippen LogP contribution is 2.16. The molecule has 4 N–H and O–H groups in total. The Morgan fingerprint density at radius 3 is 2.38 bits per heavy atom. The summed E-state index contributed by atoms with van der Waals surface area (Å²) in [5.74, 6) is -1.13. The maximum absolute atomic E-state index is 12.6. The number of esters is 2. The topological polar surface area (TPSA) is 137 Å². The largest absolute Gasteiger partial charge is 0.465 e. The lowest BCUT2D eigenvalue weighted by Gasteiger charge is -2.19. The van der Waals surface area contributed by atoms with E-state index < -0.39 is 35.8 Å². The fraction of sp³-hybridized carbons (Fsp3) is 0.524. The Balaban J connectivity index is 2.63. The van der Waals surface area contributed by atoms with Crippen LogP contribution in [0.2, 0.25) is 0 Å². The first-order chi connectivity index (χ1) is 15.3. The first-order valence-corrected chi connectivity index (χ1v) is 12.2. The summed E-state index contributed by atoms with van der Waals surface area (Å²) >= 11 is 4.85. The molecule has 0 unspecified atom stereocenters. The lowest BCUT2D eigenvalue weighted by atomic mass is 10.1. The summed E-state index contributed by atoms with van der Waals surface area (Å²) < 4.78 is 10.6. The van der Waals surface area contributed by atoms with E-state index in [2.05, 4.69) is 26.6 Å². The minimum atomic E-state index is -0.913. The molecule has 0 saturated heterocycles. The molecule has 0 aromatic heterocycles. The van der Waals surface area contributed by atoms with Crippen molar-refractivity contribution in [2.75, 3.05) is 25.5 Å². The van der Waals surface area contributed by atoms with E-state index >= 15 is 0 Å². The van der Waals surface area contributed by atoms with Gasteiger partial charge in [0.05, 0.1) is 13.2 Å². The van der Waals surface area contributed by atoms with Gasteiger partial charge in [0.2, 0.25) is 11.8 Å². The van der Waals surface area contributed by atoms with Crippen LogP contribution < -0.4 is 16.4 Å². The van der Waals surface area contributed by atoms with E-state index in [0.29, 0.717) is 11.5 Å². The molecular weight excluding hydrogens is 502 g/mol. The summed E-state index contributed by atoms with van der Waals surface area (Å²) in [6.07, 6.45) is 0.0485. The Bertz CT molecular complexity index is 762. The monoisotopic (exact) mass is 531 g/mol. The van der Waals surface area contributed by atoms with Crippen molar-refractivity contribution in [2.45, 2.75) is 44.5 Å². The molecule has 178 valence electrons. The zero-order valence-electron chi connectivity index (χ0n) is 18.2. The van der Waals surface area contributed by atoms with Gasteiger partial charge in [0.1, 0.15) is 18.6 Å². The molecule has 0 spiro atoms. The number of carbonyl (C=O) groups is 4. The number of thioether (sulfide) groups is 1. The molecule has 9 nitrogen and oxygen atoms in total. The number of hydrogen-bond acceptors (Lipinski definition) is 8. The Morgan fingerprint density at radius 1 is 1.09 bits per heavy atom. The zero-order chi connectivity index (χ0) is 23.9. The van der Waals surface area contributed by atoms with Crippen molar-refractivity contribution in [3.8, 4) is 0 Å². The van der Waals surface area contributed by atoms with E-state index in [1.807, 2.05) is 24.3 Å². The van der Waals surface area contributed by atoms with E-state index in [9.17, 15) is 19.2 Å². The van der Waals surface area contributed by atoms with Gasteiger partial charge in [0.25, 0.3) is 0 Å². The third kappa shape index (κ3) is 11.5. The van der Waals surface area contributed by atoms with E-state index in [0.717, 1.165) is 10.0 Å². The van der Waals surface area contributed by atoms with Crippen LogP contribution in [0, 0.1) is 0 Å². The third-order valence-corrected chi connectivity index (χ3v) is 5.74. The van der Waals surface area contributed by atoms with Gasteiger partial charge < -0.3 is 25.8 Å². The van der Waals surface area contributed by atoms with Crippen LogP contribution in [0.1, 0.15) is 32.3 Å². The second kappa shape index (κ2) is 15.7. The fourth-order valence-electron chi connectivity index (χ4n) is 2.47. The minimum absolute atomic E-state index is 0.0426. The van der Waals surface area contributed by atoms with Crippen molar-refractivity contribution in [1.29, 1.82) is 0 Å². The van der Waals surface area contributed by atoms with Gasteiger partial charge in [-0.05, 0) is 38.0 Å². The average Bonchev–Trinajstić information content (AvgIpc) is 2.76. The number of nitrogens with two attached hydrogens (primary N) is 1. The van der Waals surface area contributed by atoms with Crippen molar-refractivity contribution in [2.24, 2.45) is 5.73 Å². The van der Waals surface area contributed by atoms with E-state index in [1.165, 1.54) is 11.8 Å². The number of nitrogens with one attached hydrogen (secondary N) is 2. The van der Waals surface area contributed by atoms with Gasteiger partial charge >= 0.3 is 11.9 Å². The summed E-state index contributed by atoms with van der Waals surface area (Å²) in [5.41, 5.74) is 6.78. The van der Waals surface area contributed by atoms with E-state index in [1.54, 1.807) is 13.8 Å². The normalized spacial score (nSPS) is 12.4. The first-order valence-electron chi connectivity index (χ1n) is 10.2. The number of amides is 2. The quantitative estimate of drug-likeness (QED) is 0.307. The molecule has 0 saturated carbocycles. The van der Waals surface area contributed by atoms with Crippen LogP contribution in [-0.2, 0) is 34.4 Å². The summed E-state index contributed by atoms with van der Waals surface area (Å²) in [7, 11) is 0. The summed E-state index contributed by atoms with van der Waals surface area (Å²) in [5, 5.41) is 5.14. The molecule has 11 heteroatoms. The van der Waals surface area contributed by atoms with Crippen LogP contribution in [0.4, 0.5) is 0 Å². The molecule has 0 bridgehead atoms. The first kappa shape index (κ1) is 27.9. The number of carbonyl (C=O) groups excluding carboxylic acids is 4. The number of benzene rings is 1. The Hall–Kier alpha value is -2.11.